The van der Waals surface area contributed by atoms with Crippen molar-refractivity contribution in [3.8, 4) is 0 Å². The lowest BCUT2D eigenvalue weighted by atomic mass is 9.99. The first-order valence-corrected chi connectivity index (χ1v) is 9.32. The van der Waals surface area contributed by atoms with Crippen molar-refractivity contribution in [1.29, 1.82) is 0 Å². The summed E-state index contributed by atoms with van der Waals surface area (Å²) in [5.41, 5.74) is 0.759. The summed E-state index contributed by atoms with van der Waals surface area (Å²) in [5.74, 6) is 1.38. The Morgan fingerprint density at radius 2 is 1.74 bits per heavy atom. The Kier molecular flexibility index (Phi) is 4.67. The van der Waals surface area contributed by atoms with Crippen molar-refractivity contribution >= 4 is 23.6 Å². The predicted molar refractivity (Wildman–Crippen MR) is 93.3 cm³/mol. The molecule has 2 fully saturated rings. The maximum Gasteiger partial charge on any atom is 0.254 e. The van der Waals surface area contributed by atoms with E-state index in [4.69, 9.17) is 0 Å². The number of benzene rings is 1. The van der Waals surface area contributed by atoms with E-state index in [1.807, 2.05) is 65.7 Å². The van der Waals surface area contributed by atoms with Gasteiger partial charge in [-0.05, 0) is 25.0 Å². The van der Waals surface area contributed by atoms with Gasteiger partial charge in [0.15, 0.2) is 0 Å². The molecule has 2 heterocycles. The fourth-order valence-electron chi connectivity index (χ4n) is 3.49. The van der Waals surface area contributed by atoms with E-state index in [-0.39, 0.29) is 22.6 Å². The molecule has 0 unspecified atom stereocenters. The standard InChI is InChI=1S/C18H24N2O2S/c1-14(2)16(21)19-10-8-18(9-11-19)20(12-13-23-18)17(22)15-6-4-3-5-7-15/h3-7,14H,8-13H2,1-2H3. The fourth-order valence-corrected chi connectivity index (χ4v) is 4.94. The molecule has 2 amide bonds. The zero-order valence-electron chi connectivity index (χ0n) is 13.8. The molecule has 0 radical (unpaired) electrons. The van der Waals surface area contributed by atoms with Crippen LogP contribution in [-0.4, -0.2) is 51.9 Å². The Balaban J connectivity index is 1.72. The van der Waals surface area contributed by atoms with E-state index in [1.54, 1.807) is 0 Å². The molecule has 0 bridgehead atoms. The normalized spacial score (nSPS) is 20.3. The number of hydrogen-bond acceptors (Lipinski definition) is 3. The van der Waals surface area contributed by atoms with Crippen molar-refractivity contribution in [3.63, 3.8) is 0 Å². The first-order valence-electron chi connectivity index (χ1n) is 8.33. The van der Waals surface area contributed by atoms with Crippen LogP contribution in [0.2, 0.25) is 0 Å². The summed E-state index contributed by atoms with van der Waals surface area (Å²) < 4.78 is 0. The molecule has 4 nitrogen and oxygen atoms in total. The van der Waals surface area contributed by atoms with E-state index in [0.717, 1.165) is 43.8 Å². The minimum absolute atomic E-state index is 0.0438. The number of likely N-dealkylation sites (tertiary alicyclic amines) is 1. The molecule has 0 N–H and O–H groups in total. The van der Waals surface area contributed by atoms with Crippen LogP contribution in [-0.2, 0) is 4.79 Å². The summed E-state index contributed by atoms with van der Waals surface area (Å²) in [6.45, 7) is 6.20. The van der Waals surface area contributed by atoms with Gasteiger partial charge in [-0.25, -0.2) is 0 Å². The van der Waals surface area contributed by atoms with Crippen molar-refractivity contribution in [2.45, 2.75) is 31.6 Å². The van der Waals surface area contributed by atoms with Crippen LogP contribution in [0.15, 0.2) is 30.3 Å². The molecule has 0 aliphatic carbocycles. The van der Waals surface area contributed by atoms with Crippen molar-refractivity contribution in [2.24, 2.45) is 5.92 Å². The average molecular weight is 332 g/mol. The summed E-state index contributed by atoms with van der Waals surface area (Å²) in [7, 11) is 0. The predicted octanol–water partition coefficient (Wildman–Crippen LogP) is 2.85. The number of piperidine rings is 1. The number of nitrogens with zero attached hydrogens (tertiary/aromatic N) is 2. The summed E-state index contributed by atoms with van der Waals surface area (Å²) in [4.78, 5) is 28.9. The van der Waals surface area contributed by atoms with Gasteiger partial charge < -0.3 is 9.80 Å². The number of rotatable bonds is 2. The average Bonchev–Trinajstić information content (AvgIpc) is 2.98. The summed E-state index contributed by atoms with van der Waals surface area (Å²) in [5, 5.41) is 0. The van der Waals surface area contributed by atoms with Crippen molar-refractivity contribution < 1.29 is 9.59 Å². The van der Waals surface area contributed by atoms with Gasteiger partial charge >= 0.3 is 0 Å². The number of hydrogen-bond donors (Lipinski definition) is 0. The van der Waals surface area contributed by atoms with Gasteiger partial charge in [0.05, 0.1) is 4.87 Å². The molecule has 1 aromatic rings. The summed E-state index contributed by atoms with van der Waals surface area (Å²) >= 11 is 1.89. The maximum atomic E-state index is 12.9. The van der Waals surface area contributed by atoms with Gasteiger partial charge in [0.1, 0.15) is 0 Å². The zero-order chi connectivity index (χ0) is 16.4. The van der Waals surface area contributed by atoms with Gasteiger partial charge in [-0.15, -0.1) is 11.8 Å². The van der Waals surface area contributed by atoms with Crippen LogP contribution >= 0.6 is 11.8 Å². The Bertz CT molecular complexity index is 580. The second-order valence-electron chi connectivity index (χ2n) is 6.60. The van der Waals surface area contributed by atoms with E-state index in [1.165, 1.54) is 0 Å². The van der Waals surface area contributed by atoms with Gasteiger partial charge in [0.25, 0.3) is 5.91 Å². The van der Waals surface area contributed by atoms with Crippen molar-refractivity contribution in [2.75, 3.05) is 25.4 Å². The van der Waals surface area contributed by atoms with Crippen LogP contribution in [0, 0.1) is 5.92 Å². The van der Waals surface area contributed by atoms with Gasteiger partial charge in [-0.1, -0.05) is 32.0 Å². The van der Waals surface area contributed by atoms with Crippen LogP contribution in [0.25, 0.3) is 0 Å². The molecular formula is C18H24N2O2S. The summed E-state index contributed by atoms with van der Waals surface area (Å²) in [6.07, 6.45) is 1.74. The highest BCUT2D eigenvalue weighted by atomic mass is 32.2. The third kappa shape index (κ3) is 3.11. The smallest absolute Gasteiger partial charge is 0.254 e. The lowest BCUT2D eigenvalue weighted by molar-refractivity contribution is -0.136. The highest BCUT2D eigenvalue weighted by Gasteiger charge is 2.47. The Morgan fingerprint density at radius 1 is 1.09 bits per heavy atom. The highest BCUT2D eigenvalue weighted by Crippen LogP contribution is 2.44. The van der Waals surface area contributed by atoms with E-state index in [9.17, 15) is 9.59 Å². The second kappa shape index (κ2) is 6.56. The fraction of sp³-hybridized carbons (Fsp3) is 0.556. The molecule has 2 aliphatic heterocycles. The van der Waals surface area contributed by atoms with E-state index >= 15 is 0 Å². The Morgan fingerprint density at radius 3 is 2.35 bits per heavy atom. The quantitative estimate of drug-likeness (QED) is 0.836. The van der Waals surface area contributed by atoms with Crippen LogP contribution in [0.3, 0.4) is 0 Å². The topological polar surface area (TPSA) is 40.6 Å². The van der Waals surface area contributed by atoms with Crippen LogP contribution in [0.4, 0.5) is 0 Å². The van der Waals surface area contributed by atoms with Crippen molar-refractivity contribution in [1.82, 2.24) is 9.80 Å². The lowest BCUT2D eigenvalue weighted by Gasteiger charge is -2.44. The molecule has 0 atom stereocenters. The van der Waals surface area contributed by atoms with E-state index in [2.05, 4.69) is 0 Å². The van der Waals surface area contributed by atoms with Crippen LogP contribution in [0.5, 0.6) is 0 Å². The van der Waals surface area contributed by atoms with Crippen LogP contribution in [0.1, 0.15) is 37.0 Å². The first-order chi connectivity index (χ1) is 11.0. The van der Waals surface area contributed by atoms with Gasteiger partial charge in [-0.2, -0.15) is 0 Å². The second-order valence-corrected chi connectivity index (χ2v) is 8.05. The molecule has 1 spiro atoms. The molecule has 3 rings (SSSR count). The molecular weight excluding hydrogens is 308 g/mol. The third-order valence-corrected chi connectivity index (χ3v) is 6.35. The lowest BCUT2D eigenvalue weighted by Crippen LogP contribution is -2.54. The van der Waals surface area contributed by atoms with Crippen molar-refractivity contribution in [3.05, 3.63) is 35.9 Å². The first kappa shape index (κ1) is 16.4. The number of carbonyl (C=O) groups is 2. The molecule has 0 saturated carbocycles. The molecule has 0 aromatic heterocycles. The number of thioether (sulfide) groups is 1. The molecule has 23 heavy (non-hydrogen) atoms. The maximum absolute atomic E-state index is 12.9. The van der Waals surface area contributed by atoms with Crippen LogP contribution < -0.4 is 0 Å². The third-order valence-electron chi connectivity index (χ3n) is 4.79. The Hall–Kier alpha value is -1.49. The van der Waals surface area contributed by atoms with E-state index < -0.39 is 0 Å². The monoisotopic (exact) mass is 332 g/mol. The van der Waals surface area contributed by atoms with Gasteiger partial charge in [0.2, 0.25) is 5.91 Å². The minimum Gasteiger partial charge on any atom is -0.342 e. The molecule has 5 heteroatoms. The highest BCUT2D eigenvalue weighted by molar-refractivity contribution is 8.00. The SMILES string of the molecule is CC(C)C(=O)N1CCC2(CC1)SCCN2C(=O)c1ccccc1. The largest absolute Gasteiger partial charge is 0.342 e. The number of carbonyl (C=O) groups excluding carboxylic acids is 2. The molecule has 2 saturated heterocycles. The van der Waals surface area contributed by atoms with Gasteiger partial charge in [0, 0.05) is 36.9 Å². The molecule has 1 aromatic carbocycles. The van der Waals surface area contributed by atoms with E-state index in [0.29, 0.717) is 0 Å². The summed E-state index contributed by atoms with van der Waals surface area (Å²) in [6, 6.07) is 9.52. The zero-order valence-corrected chi connectivity index (χ0v) is 14.6. The Labute approximate surface area is 142 Å². The van der Waals surface area contributed by atoms with Gasteiger partial charge in [-0.3, -0.25) is 9.59 Å². The molecule has 2 aliphatic rings. The number of amides is 2. The minimum atomic E-state index is -0.124. The molecule has 124 valence electrons.